The van der Waals surface area contributed by atoms with Gasteiger partial charge in [0.25, 0.3) is 0 Å². The molecule has 0 aliphatic heterocycles. The second-order valence-electron chi connectivity index (χ2n) is 6.33. The Labute approximate surface area is 159 Å². The maximum Gasteiger partial charge on any atom is 0.323 e. The van der Waals surface area contributed by atoms with Crippen molar-refractivity contribution in [2.24, 2.45) is 0 Å². The molecule has 2 rings (SSSR count). The standard InChI is InChI=1S/C19H24N2O5S/c1-3-14(2)21(13-19(23)24)18(22)10-11-20-27(25,26)17-9-8-15-6-4-5-7-16(15)12-17/h4-9,12,14,20H,3,10-11,13H2,1-2H3,(H,23,24). The average molecular weight is 392 g/mol. The van der Waals surface area contributed by atoms with Gasteiger partial charge in [-0.1, -0.05) is 37.3 Å². The van der Waals surface area contributed by atoms with E-state index in [9.17, 15) is 18.0 Å². The summed E-state index contributed by atoms with van der Waals surface area (Å²) in [5.74, 6) is -1.49. The van der Waals surface area contributed by atoms with Gasteiger partial charge in [0, 0.05) is 19.0 Å². The summed E-state index contributed by atoms with van der Waals surface area (Å²) in [6.07, 6.45) is 0.506. The van der Waals surface area contributed by atoms with Crippen molar-refractivity contribution in [3.8, 4) is 0 Å². The van der Waals surface area contributed by atoms with Crippen LogP contribution in [0.5, 0.6) is 0 Å². The van der Waals surface area contributed by atoms with E-state index in [1.54, 1.807) is 19.1 Å². The highest BCUT2D eigenvalue weighted by Crippen LogP contribution is 2.18. The highest BCUT2D eigenvalue weighted by atomic mass is 32.2. The smallest absolute Gasteiger partial charge is 0.323 e. The Balaban J connectivity index is 2.03. The summed E-state index contributed by atoms with van der Waals surface area (Å²) in [4.78, 5) is 24.6. The molecule has 146 valence electrons. The number of nitrogens with zero attached hydrogens (tertiary/aromatic N) is 1. The Bertz CT molecular complexity index is 927. The Morgan fingerprint density at radius 2 is 1.81 bits per heavy atom. The van der Waals surface area contributed by atoms with Gasteiger partial charge in [-0.3, -0.25) is 9.59 Å². The molecule has 0 heterocycles. The number of rotatable bonds is 9. The highest BCUT2D eigenvalue weighted by Gasteiger charge is 2.22. The number of carbonyl (C=O) groups is 2. The van der Waals surface area contributed by atoms with Crippen LogP contribution in [0.25, 0.3) is 10.8 Å². The van der Waals surface area contributed by atoms with Crippen LogP contribution in [0.1, 0.15) is 26.7 Å². The van der Waals surface area contributed by atoms with Gasteiger partial charge in [-0.2, -0.15) is 0 Å². The van der Waals surface area contributed by atoms with Crippen molar-refractivity contribution in [2.45, 2.75) is 37.6 Å². The summed E-state index contributed by atoms with van der Waals surface area (Å²) in [5.41, 5.74) is 0. The third kappa shape index (κ3) is 5.51. The quantitative estimate of drug-likeness (QED) is 0.681. The summed E-state index contributed by atoms with van der Waals surface area (Å²) in [7, 11) is -3.76. The third-order valence-corrected chi connectivity index (χ3v) is 5.87. The lowest BCUT2D eigenvalue weighted by molar-refractivity contribution is -0.146. The molecule has 0 saturated carbocycles. The maximum absolute atomic E-state index is 12.5. The molecule has 1 amide bonds. The van der Waals surface area contributed by atoms with E-state index in [1.165, 1.54) is 11.0 Å². The molecule has 0 aliphatic carbocycles. The Morgan fingerprint density at radius 3 is 2.44 bits per heavy atom. The zero-order valence-corrected chi connectivity index (χ0v) is 16.2. The van der Waals surface area contributed by atoms with E-state index in [2.05, 4.69) is 4.72 Å². The Hall–Kier alpha value is -2.45. The van der Waals surface area contributed by atoms with E-state index < -0.39 is 28.4 Å². The lowest BCUT2D eigenvalue weighted by Crippen LogP contribution is -2.43. The molecule has 2 N–H and O–H groups in total. The van der Waals surface area contributed by atoms with Crippen molar-refractivity contribution in [3.63, 3.8) is 0 Å². The number of nitrogens with one attached hydrogen (secondary N) is 1. The van der Waals surface area contributed by atoms with Crippen LogP contribution in [0.4, 0.5) is 0 Å². The summed E-state index contributed by atoms with van der Waals surface area (Å²) in [5, 5.41) is 10.7. The molecule has 0 fully saturated rings. The topological polar surface area (TPSA) is 104 Å². The molecule has 2 aromatic carbocycles. The summed E-state index contributed by atoms with van der Waals surface area (Å²) in [6, 6.07) is 12.0. The van der Waals surface area contributed by atoms with E-state index >= 15 is 0 Å². The monoisotopic (exact) mass is 392 g/mol. The molecule has 0 saturated heterocycles. The van der Waals surface area contributed by atoms with Crippen LogP contribution in [-0.2, 0) is 19.6 Å². The molecule has 0 spiro atoms. The number of benzene rings is 2. The minimum absolute atomic E-state index is 0.0967. The van der Waals surface area contributed by atoms with Gasteiger partial charge in [0.15, 0.2) is 0 Å². The number of hydrogen-bond donors (Lipinski definition) is 2. The zero-order chi connectivity index (χ0) is 20.0. The molecular weight excluding hydrogens is 368 g/mol. The molecule has 0 bridgehead atoms. The summed E-state index contributed by atoms with van der Waals surface area (Å²) in [6.45, 7) is 3.13. The number of hydrogen-bond acceptors (Lipinski definition) is 4. The number of fused-ring (bicyclic) bond motifs is 1. The fourth-order valence-electron chi connectivity index (χ4n) is 2.71. The minimum Gasteiger partial charge on any atom is -0.480 e. The lowest BCUT2D eigenvalue weighted by atomic mass is 10.1. The second kappa shape index (κ2) is 8.96. The fourth-order valence-corrected chi connectivity index (χ4v) is 3.78. The molecule has 1 unspecified atom stereocenters. The predicted octanol–water partition coefficient (Wildman–Crippen LogP) is 2.22. The van der Waals surface area contributed by atoms with Crippen molar-refractivity contribution in [1.29, 1.82) is 0 Å². The molecule has 0 radical (unpaired) electrons. The van der Waals surface area contributed by atoms with E-state index in [-0.39, 0.29) is 23.9 Å². The molecule has 1 atom stereocenters. The minimum atomic E-state index is -3.76. The fraction of sp³-hybridized carbons (Fsp3) is 0.368. The largest absolute Gasteiger partial charge is 0.480 e. The lowest BCUT2D eigenvalue weighted by Gasteiger charge is -2.27. The van der Waals surface area contributed by atoms with Gasteiger partial charge in [0.1, 0.15) is 6.54 Å². The first kappa shape index (κ1) is 20.9. The van der Waals surface area contributed by atoms with Crippen LogP contribution in [0.3, 0.4) is 0 Å². The van der Waals surface area contributed by atoms with Crippen LogP contribution in [0.2, 0.25) is 0 Å². The second-order valence-corrected chi connectivity index (χ2v) is 8.10. The summed E-state index contributed by atoms with van der Waals surface area (Å²) >= 11 is 0. The van der Waals surface area contributed by atoms with Gasteiger partial charge in [-0.05, 0) is 36.2 Å². The molecular formula is C19H24N2O5S. The number of carboxylic acids is 1. The van der Waals surface area contributed by atoms with Gasteiger partial charge >= 0.3 is 5.97 Å². The molecule has 27 heavy (non-hydrogen) atoms. The van der Waals surface area contributed by atoms with Crippen LogP contribution in [-0.4, -0.2) is 49.4 Å². The first-order chi connectivity index (χ1) is 12.7. The van der Waals surface area contributed by atoms with Crippen molar-refractivity contribution in [1.82, 2.24) is 9.62 Å². The molecule has 8 heteroatoms. The number of carboxylic acid groups (broad SMARTS) is 1. The van der Waals surface area contributed by atoms with Crippen molar-refractivity contribution >= 4 is 32.7 Å². The third-order valence-electron chi connectivity index (χ3n) is 4.41. The normalized spacial score (nSPS) is 12.7. The SMILES string of the molecule is CCC(C)N(CC(=O)O)C(=O)CCNS(=O)(=O)c1ccc2ccccc2c1. The highest BCUT2D eigenvalue weighted by molar-refractivity contribution is 7.89. The number of aliphatic carboxylic acids is 1. The van der Waals surface area contributed by atoms with Crippen LogP contribution in [0.15, 0.2) is 47.4 Å². The van der Waals surface area contributed by atoms with Crippen molar-refractivity contribution < 1.29 is 23.1 Å². The number of amides is 1. The Morgan fingerprint density at radius 1 is 1.15 bits per heavy atom. The van der Waals surface area contributed by atoms with E-state index in [0.29, 0.717) is 6.42 Å². The van der Waals surface area contributed by atoms with Crippen LogP contribution >= 0.6 is 0 Å². The molecule has 0 aromatic heterocycles. The molecule has 7 nitrogen and oxygen atoms in total. The predicted molar refractivity (Wildman–Crippen MR) is 103 cm³/mol. The van der Waals surface area contributed by atoms with E-state index in [1.807, 2.05) is 31.2 Å². The summed E-state index contributed by atoms with van der Waals surface area (Å²) < 4.78 is 27.3. The van der Waals surface area contributed by atoms with Crippen molar-refractivity contribution in [3.05, 3.63) is 42.5 Å². The van der Waals surface area contributed by atoms with Gasteiger partial charge in [0.05, 0.1) is 4.90 Å². The Kier molecular flexibility index (Phi) is 6.92. The van der Waals surface area contributed by atoms with Gasteiger partial charge in [-0.25, -0.2) is 13.1 Å². The van der Waals surface area contributed by atoms with Crippen molar-refractivity contribution in [2.75, 3.05) is 13.1 Å². The van der Waals surface area contributed by atoms with Gasteiger partial charge < -0.3 is 10.0 Å². The van der Waals surface area contributed by atoms with E-state index in [4.69, 9.17) is 5.11 Å². The average Bonchev–Trinajstić information content (AvgIpc) is 2.64. The zero-order valence-electron chi connectivity index (χ0n) is 15.4. The first-order valence-electron chi connectivity index (χ1n) is 8.74. The van der Waals surface area contributed by atoms with Crippen LogP contribution < -0.4 is 4.72 Å². The van der Waals surface area contributed by atoms with E-state index in [0.717, 1.165) is 10.8 Å². The number of sulfonamides is 1. The maximum atomic E-state index is 12.5. The molecule has 2 aromatic rings. The number of carbonyl (C=O) groups excluding carboxylic acids is 1. The molecule has 0 aliphatic rings. The van der Waals surface area contributed by atoms with Crippen LogP contribution in [0, 0.1) is 0 Å². The van der Waals surface area contributed by atoms with Gasteiger partial charge in [0.2, 0.25) is 15.9 Å². The van der Waals surface area contributed by atoms with Gasteiger partial charge in [-0.15, -0.1) is 0 Å². The first-order valence-corrected chi connectivity index (χ1v) is 10.2.